The van der Waals surface area contributed by atoms with E-state index in [4.69, 9.17) is 0 Å². The van der Waals surface area contributed by atoms with Crippen LogP contribution in [0.3, 0.4) is 0 Å². The second kappa shape index (κ2) is 5.18. The van der Waals surface area contributed by atoms with Crippen molar-refractivity contribution in [1.82, 2.24) is 0 Å². The van der Waals surface area contributed by atoms with E-state index < -0.39 is 41.9 Å². The van der Waals surface area contributed by atoms with Crippen LogP contribution in [0.25, 0.3) is 0 Å². The molecule has 0 radical (unpaired) electrons. The molecule has 0 amide bonds. The molecular formula is C9H5F13. The van der Waals surface area contributed by atoms with Crippen LogP contribution >= 0.6 is 0 Å². The van der Waals surface area contributed by atoms with Gasteiger partial charge in [0.2, 0.25) is 0 Å². The average molecular weight is 360 g/mol. The Bertz CT molecular complexity index is 427. The van der Waals surface area contributed by atoms with Gasteiger partial charge in [0, 0.05) is 0 Å². The molecular weight excluding hydrogens is 355 g/mol. The molecule has 0 aliphatic rings. The summed E-state index contributed by atoms with van der Waals surface area (Å²) >= 11 is 0. The summed E-state index contributed by atoms with van der Waals surface area (Å²) in [5.41, 5.74) is 0. The van der Waals surface area contributed by atoms with E-state index in [1.807, 2.05) is 0 Å². The van der Waals surface area contributed by atoms with Gasteiger partial charge in [0.15, 0.2) is 0 Å². The lowest BCUT2D eigenvalue weighted by Gasteiger charge is -2.39. The second-order valence-electron chi connectivity index (χ2n) is 3.92. The van der Waals surface area contributed by atoms with Crippen LogP contribution < -0.4 is 0 Å². The summed E-state index contributed by atoms with van der Waals surface area (Å²) in [6.45, 7) is 0.560. The SMILES string of the molecule is C/C=C/C(F)(F)C(F)(F)C(F)(F)C(F)(F)C(F)(F)C(F)(F)F. The maximum Gasteiger partial charge on any atom is 0.460 e. The van der Waals surface area contributed by atoms with Crippen molar-refractivity contribution in [3.05, 3.63) is 12.2 Å². The van der Waals surface area contributed by atoms with Crippen molar-refractivity contribution in [2.75, 3.05) is 0 Å². The predicted molar refractivity (Wildman–Crippen MR) is 45.6 cm³/mol. The number of allylic oxidation sites excluding steroid dienone is 2. The van der Waals surface area contributed by atoms with Gasteiger partial charge < -0.3 is 0 Å². The molecule has 0 heterocycles. The van der Waals surface area contributed by atoms with Gasteiger partial charge >= 0.3 is 35.8 Å². The lowest BCUT2D eigenvalue weighted by atomic mass is 9.94. The van der Waals surface area contributed by atoms with Gasteiger partial charge in [0.25, 0.3) is 0 Å². The van der Waals surface area contributed by atoms with Crippen LogP contribution in [0.4, 0.5) is 57.1 Å². The molecule has 0 rings (SSSR count). The van der Waals surface area contributed by atoms with Crippen LogP contribution in [0.2, 0.25) is 0 Å². The first kappa shape index (κ1) is 20.8. The lowest BCUT2D eigenvalue weighted by Crippen LogP contribution is -2.69. The van der Waals surface area contributed by atoms with E-state index in [0.29, 0.717) is 6.92 Å². The van der Waals surface area contributed by atoms with E-state index in [1.165, 1.54) is 0 Å². The van der Waals surface area contributed by atoms with Crippen molar-refractivity contribution in [1.29, 1.82) is 0 Å². The fourth-order valence-electron chi connectivity index (χ4n) is 1.10. The van der Waals surface area contributed by atoms with Crippen LogP contribution in [0.5, 0.6) is 0 Å². The molecule has 0 bridgehead atoms. The minimum Gasteiger partial charge on any atom is -0.195 e. The Labute approximate surface area is 113 Å². The zero-order chi connectivity index (χ0) is 18.4. The van der Waals surface area contributed by atoms with Crippen LogP contribution in [0.1, 0.15) is 6.92 Å². The van der Waals surface area contributed by atoms with Crippen molar-refractivity contribution in [2.24, 2.45) is 0 Å². The quantitative estimate of drug-likeness (QED) is 0.461. The van der Waals surface area contributed by atoms with E-state index >= 15 is 0 Å². The molecule has 0 aromatic rings. The van der Waals surface area contributed by atoms with Crippen molar-refractivity contribution in [3.63, 3.8) is 0 Å². The zero-order valence-corrected chi connectivity index (χ0v) is 10.1. The maximum atomic E-state index is 12.8. The molecule has 0 aromatic heterocycles. The van der Waals surface area contributed by atoms with E-state index in [0.717, 1.165) is 0 Å². The summed E-state index contributed by atoms with van der Waals surface area (Å²) in [6.07, 6.45) is -8.43. The smallest absolute Gasteiger partial charge is 0.195 e. The van der Waals surface area contributed by atoms with Crippen LogP contribution in [0, 0.1) is 0 Å². The first-order valence-electron chi connectivity index (χ1n) is 4.91. The first-order valence-corrected chi connectivity index (χ1v) is 4.91. The Morgan fingerprint density at radius 3 is 1.09 bits per heavy atom. The summed E-state index contributed by atoms with van der Waals surface area (Å²) in [5, 5.41) is 0. The summed E-state index contributed by atoms with van der Waals surface area (Å²) in [7, 11) is 0. The highest BCUT2D eigenvalue weighted by molar-refractivity contribution is 5.14. The van der Waals surface area contributed by atoms with Crippen LogP contribution in [0.15, 0.2) is 12.2 Å². The molecule has 0 saturated carbocycles. The van der Waals surface area contributed by atoms with Gasteiger partial charge in [0.05, 0.1) is 0 Å². The molecule has 0 N–H and O–H groups in total. The number of alkyl halides is 13. The minimum absolute atomic E-state index is 0.00989. The summed E-state index contributed by atoms with van der Waals surface area (Å²) in [6, 6.07) is 0. The molecule has 0 aliphatic heterocycles. The second-order valence-corrected chi connectivity index (χ2v) is 3.92. The van der Waals surface area contributed by atoms with Crippen molar-refractivity contribution in [2.45, 2.75) is 42.7 Å². The fourth-order valence-corrected chi connectivity index (χ4v) is 1.10. The molecule has 132 valence electrons. The number of hydrogen-bond donors (Lipinski definition) is 0. The number of rotatable bonds is 5. The molecule has 0 atom stereocenters. The van der Waals surface area contributed by atoms with Crippen LogP contribution in [-0.4, -0.2) is 35.8 Å². The number of hydrogen-bond acceptors (Lipinski definition) is 0. The van der Waals surface area contributed by atoms with Gasteiger partial charge in [-0.1, -0.05) is 6.08 Å². The fraction of sp³-hybridized carbons (Fsp3) is 0.778. The van der Waals surface area contributed by atoms with E-state index in [2.05, 4.69) is 0 Å². The lowest BCUT2D eigenvalue weighted by molar-refractivity contribution is -0.436. The molecule has 0 aromatic carbocycles. The van der Waals surface area contributed by atoms with Crippen molar-refractivity contribution in [3.8, 4) is 0 Å². The highest BCUT2D eigenvalue weighted by Crippen LogP contribution is 2.60. The van der Waals surface area contributed by atoms with Gasteiger partial charge in [-0.15, -0.1) is 0 Å². The first-order chi connectivity index (χ1) is 9.31. The van der Waals surface area contributed by atoms with E-state index in [-0.39, 0.29) is 6.08 Å². The Hall–Kier alpha value is -1.17. The number of halogens is 13. The zero-order valence-electron chi connectivity index (χ0n) is 10.1. The predicted octanol–water partition coefficient (Wildman–Crippen LogP) is 5.30. The third-order valence-electron chi connectivity index (χ3n) is 2.33. The van der Waals surface area contributed by atoms with Crippen LogP contribution in [-0.2, 0) is 0 Å². The highest BCUT2D eigenvalue weighted by Gasteiger charge is 2.90. The summed E-state index contributed by atoms with van der Waals surface area (Å²) in [5.74, 6) is -36.6. The molecule has 0 spiro atoms. The third-order valence-corrected chi connectivity index (χ3v) is 2.33. The summed E-state index contributed by atoms with van der Waals surface area (Å²) in [4.78, 5) is 0. The Kier molecular flexibility index (Phi) is 4.91. The largest absolute Gasteiger partial charge is 0.460 e. The molecule has 0 fully saturated rings. The molecule has 0 aliphatic carbocycles. The van der Waals surface area contributed by atoms with Crippen molar-refractivity contribution >= 4 is 0 Å². The van der Waals surface area contributed by atoms with Gasteiger partial charge in [-0.05, 0) is 13.0 Å². The van der Waals surface area contributed by atoms with Gasteiger partial charge in [-0.3, -0.25) is 0 Å². The summed E-state index contributed by atoms with van der Waals surface area (Å²) < 4.78 is 162. The van der Waals surface area contributed by atoms with Gasteiger partial charge in [-0.25, -0.2) is 0 Å². The molecule has 0 nitrogen and oxygen atoms in total. The van der Waals surface area contributed by atoms with E-state index in [9.17, 15) is 57.1 Å². The molecule has 22 heavy (non-hydrogen) atoms. The Morgan fingerprint density at radius 2 is 0.818 bits per heavy atom. The van der Waals surface area contributed by atoms with E-state index in [1.54, 1.807) is 0 Å². The van der Waals surface area contributed by atoms with Gasteiger partial charge in [0.1, 0.15) is 0 Å². The Balaban J connectivity index is 6.23. The molecule has 0 unspecified atom stereocenters. The van der Waals surface area contributed by atoms with Gasteiger partial charge in [-0.2, -0.15) is 57.1 Å². The topological polar surface area (TPSA) is 0 Å². The normalized spacial score (nSPS) is 16.5. The maximum absolute atomic E-state index is 12.8. The monoisotopic (exact) mass is 360 g/mol. The minimum atomic E-state index is -7.84. The standard InChI is InChI=1S/C9H5F13/c1-2-3-4(10,11)5(12,13)6(14,15)7(16,17)8(18,19)9(20,21)22/h2-3H,1H3/b3-2+. The van der Waals surface area contributed by atoms with Crippen molar-refractivity contribution < 1.29 is 57.1 Å². The highest BCUT2D eigenvalue weighted by atomic mass is 19.4. The third kappa shape index (κ3) is 2.62. The molecule has 0 saturated heterocycles. The Morgan fingerprint density at radius 1 is 0.500 bits per heavy atom. The average Bonchev–Trinajstić information content (AvgIpc) is 2.26. The molecule has 13 heteroatoms.